The van der Waals surface area contributed by atoms with E-state index in [0.717, 1.165) is 63.5 Å². The summed E-state index contributed by atoms with van der Waals surface area (Å²) in [4.78, 5) is 19.9. The lowest BCUT2D eigenvalue weighted by Gasteiger charge is -2.44. The predicted octanol–water partition coefficient (Wildman–Crippen LogP) is 3.78. The number of hydrogen-bond donors (Lipinski definition) is 0. The maximum Gasteiger partial charge on any atom is 0.255 e. The van der Waals surface area contributed by atoms with Gasteiger partial charge in [-0.1, -0.05) is 35.9 Å². The van der Waals surface area contributed by atoms with Gasteiger partial charge < -0.3 is 14.5 Å². The Balaban J connectivity index is 1.38. The first-order valence-corrected chi connectivity index (χ1v) is 10.7. The zero-order valence-corrected chi connectivity index (χ0v) is 17.6. The minimum absolute atomic E-state index is 0.0490. The van der Waals surface area contributed by atoms with Crippen LogP contribution >= 0.6 is 11.6 Å². The highest BCUT2D eigenvalue weighted by Gasteiger charge is 2.31. The first-order chi connectivity index (χ1) is 14.2. The first-order valence-electron chi connectivity index (χ1n) is 10.3. The van der Waals surface area contributed by atoms with Crippen LogP contribution in [0.2, 0.25) is 5.02 Å². The van der Waals surface area contributed by atoms with Crippen LogP contribution in [0.1, 0.15) is 23.2 Å². The van der Waals surface area contributed by atoms with Crippen molar-refractivity contribution in [2.75, 3.05) is 51.3 Å². The lowest BCUT2D eigenvalue weighted by atomic mass is 10.0. The molecular weight excluding hydrogens is 386 g/mol. The van der Waals surface area contributed by atoms with Crippen LogP contribution in [0.5, 0.6) is 5.75 Å². The van der Waals surface area contributed by atoms with E-state index in [1.807, 2.05) is 35.2 Å². The molecule has 0 spiro atoms. The van der Waals surface area contributed by atoms with Gasteiger partial charge in [0, 0.05) is 45.3 Å². The molecule has 4 rings (SSSR count). The Morgan fingerprint density at radius 1 is 1.00 bits per heavy atom. The molecule has 0 N–H and O–H groups in total. The second-order valence-electron chi connectivity index (χ2n) is 7.72. The Bertz CT molecular complexity index is 852. The summed E-state index contributed by atoms with van der Waals surface area (Å²) < 4.78 is 5.52. The number of anilines is 1. The summed E-state index contributed by atoms with van der Waals surface area (Å²) in [6, 6.07) is 16.0. The van der Waals surface area contributed by atoms with E-state index >= 15 is 0 Å². The summed E-state index contributed by atoms with van der Waals surface area (Å²) in [6.45, 7) is 5.51. The molecule has 0 saturated carbocycles. The molecule has 2 fully saturated rings. The molecule has 0 aliphatic carbocycles. The van der Waals surface area contributed by atoms with Gasteiger partial charge in [0.15, 0.2) is 0 Å². The molecule has 1 unspecified atom stereocenters. The van der Waals surface area contributed by atoms with Crippen LogP contribution in [0.15, 0.2) is 48.5 Å². The summed E-state index contributed by atoms with van der Waals surface area (Å²) in [5, 5.41) is 0.532. The van der Waals surface area contributed by atoms with Crippen LogP contribution in [0, 0.1) is 0 Å². The number of rotatable bonds is 4. The molecule has 6 heteroatoms. The number of halogens is 1. The van der Waals surface area contributed by atoms with Crippen molar-refractivity contribution in [3.8, 4) is 5.75 Å². The monoisotopic (exact) mass is 413 g/mol. The predicted molar refractivity (Wildman–Crippen MR) is 117 cm³/mol. The fraction of sp³-hybridized carbons (Fsp3) is 0.435. The number of carbonyl (C=O) groups excluding carboxylic acids is 1. The molecule has 1 atom stereocenters. The molecule has 0 radical (unpaired) electrons. The standard InChI is InChI=1S/C23H28ClN3O2/c1-29-22-11-5-4-10-21(22)26-15-13-25(14-16-26)18-7-6-12-27(17-18)23(28)19-8-2-3-9-20(19)24/h2-5,8-11,18H,6-7,12-17H2,1H3. The third-order valence-electron chi connectivity index (χ3n) is 6.04. The molecule has 2 aromatic carbocycles. The minimum atomic E-state index is 0.0490. The number of piperidine rings is 1. The van der Waals surface area contributed by atoms with E-state index < -0.39 is 0 Å². The molecule has 0 bridgehead atoms. The van der Waals surface area contributed by atoms with Gasteiger partial charge in [0.2, 0.25) is 0 Å². The molecule has 154 valence electrons. The molecule has 2 aliphatic heterocycles. The van der Waals surface area contributed by atoms with Gasteiger partial charge in [-0.05, 0) is 37.1 Å². The quantitative estimate of drug-likeness (QED) is 0.764. The Hall–Kier alpha value is -2.24. The van der Waals surface area contributed by atoms with E-state index in [1.165, 1.54) is 0 Å². The Labute approximate surface area is 177 Å². The molecule has 2 saturated heterocycles. The van der Waals surface area contributed by atoms with Crippen LogP contribution < -0.4 is 9.64 Å². The minimum Gasteiger partial charge on any atom is -0.495 e. The Kier molecular flexibility index (Phi) is 6.26. The lowest BCUT2D eigenvalue weighted by molar-refractivity contribution is 0.0563. The fourth-order valence-corrected chi connectivity index (χ4v) is 4.68. The van der Waals surface area contributed by atoms with E-state index in [4.69, 9.17) is 16.3 Å². The van der Waals surface area contributed by atoms with Crippen molar-refractivity contribution in [3.05, 3.63) is 59.1 Å². The largest absolute Gasteiger partial charge is 0.495 e. The number of carbonyl (C=O) groups is 1. The van der Waals surface area contributed by atoms with Gasteiger partial charge in [-0.25, -0.2) is 0 Å². The zero-order chi connectivity index (χ0) is 20.2. The average molecular weight is 414 g/mol. The van der Waals surface area contributed by atoms with Crippen LogP contribution in [0.3, 0.4) is 0 Å². The topological polar surface area (TPSA) is 36.0 Å². The summed E-state index contributed by atoms with van der Waals surface area (Å²) >= 11 is 6.25. The van der Waals surface area contributed by atoms with Gasteiger partial charge in [-0.2, -0.15) is 0 Å². The molecule has 2 aromatic rings. The third kappa shape index (κ3) is 4.36. The van der Waals surface area contributed by atoms with E-state index in [-0.39, 0.29) is 5.91 Å². The number of para-hydroxylation sites is 2. The second-order valence-corrected chi connectivity index (χ2v) is 8.13. The van der Waals surface area contributed by atoms with Crippen LogP contribution in [-0.2, 0) is 0 Å². The molecule has 29 heavy (non-hydrogen) atoms. The van der Waals surface area contributed by atoms with Crippen LogP contribution in [0.25, 0.3) is 0 Å². The molecule has 2 aliphatic rings. The van der Waals surface area contributed by atoms with Gasteiger partial charge in [-0.15, -0.1) is 0 Å². The van der Waals surface area contributed by atoms with Gasteiger partial charge in [0.05, 0.1) is 23.4 Å². The zero-order valence-electron chi connectivity index (χ0n) is 16.9. The maximum absolute atomic E-state index is 13.0. The number of nitrogens with zero attached hydrogens (tertiary/aromatic N) is 3. The van der Waals surface area contributed by atoms with Crippen LogP contribution in [-0.4, -0.2) is 68.1 Å². The van der Waals surface area contributed by atoms with Crippen LogP contribution in [0.4, 0.5) is 5.69 Å². The van der Waals surface area contributed by atoms with E-state index in [0.29, 0.717) is 16.6 Å². The van der Waals surface area contributed by atoms with Crippen molar-refractivity contribution in [2.24, 2.45) is 0 Å². The molecule has 5 nitrogen and oxygen atoms in total. The average Bonchev–Trinajstić information content (AvgIpc) is 2.79. The number of ether oxygens (including phenoxy) is 1. The molecule has 0 aromatic heterocycles. The van der Waals surface area contributed by atoms with Gasteiger partial charge >= 0.3 is 0 Å². The number of benzene rings is 2. The normalized spacial score (nSPS) is 20.6. The highest BCUT2D eigenvalue weighted by Crippen LogP contribution is 2.29. The fourth-order valence-electron chi connectivity index (χ4n) is 4.46. The van der Waals surface area contributed by atoms with Crippen molar-refractivity contribution in [1.82, 2.24) is 9.80 Å². The Morgan fingerprint density at radius 3 is 2.48 bits per heavy atom. The number of amides is 1. The third-order valence-corrected chi connectivity index (χ3v) is 6.37. The van der Waals surface area contributed by atoms with E-state index in [9.17, 15) is 4.79 Å². The Morgan fingerprint density at radius 2 is 1.72 bits per heavy atom. The van der Waals surface area contributed by atoms with E-state index in [1.54, 1.807) is 13.2 Å². The summed E-state index contributed by atoms with van der Waals surface area (Å²) in [5.74, 6) is 0.975. The van der Waals surface area contributed by atoms with Crippen molar-refractivity contribution >= 4 is 23.2 Å². The summed E-state index contributed by atoms with van der Waals surface area (Å²) in [6.07, 6.45) is 2.18. The van der Waals surface area contributed by atoms with E-state index in [2.05, 4.69) is 21.9 Å². The SMILES string of the molecule is COc1ccccc1N1CCN(C2CCCN(C(=O)c3ccccc3Cl)C2)CC1. The second kappa shape index (κ2) is 9.06. The van der Waals surface area contributed by atoms with Crippen molar-refractivity contribution < 1.29 is 9.53 Å². The molecule has 1 amide bonds. The lowest BCUT2D eigenvalue weighted by Crippen LogP contribution is -2.56. The highest BCUT2D eigenvalue weighted by molar-refractivity contribution is 6.33. The number of methoxy groups -OCH3 is 1. The number of likely N-dealkylation sites (tertiary alicyclic amines) is 1. The highest BCUT2D eigenvalue weighted by atomic mass is 35.5. The van der Waals surface area contributed by atoms with Gasteiger partial charge in [0.1, 0.15) is 5.75 Å². The van der Waals surface area contributed by atoms with Gasteiger partial charge in [-0.3, -0.25) is 9.69 Å². The smallest absolute Gasteiger partial charge is 0.255 e. The van der Waals surface area contributed by atoms with Crippen molar-refractivity contribution in [2.45, 2.75) is 18.9 Å². The first kappa shape index (κ1) is 20.0. The van der Waals surface area contributed by atoms with Crippen molar-refractivity contribution in [1.29, 1.82) is 0 Å². The van der Waals surface area contributed by atoms with Gasteiger partial charge in [0.25, 0.3) is 5.91 Å². The molecular formula is C23H28ClN3O2. The summed E-state index contributed by atoms with van der Waals surface area (Å²) in [5.41, 5.74) is 1.77. The maximum atomic E-state index is 13.0. The number of hydrogen-bond acceptors (Lipinski definition) is 4. The summed E-state index contributed by atoms with van der Waals surface area (Å²) in [7, 11) is 1.72. The van der Waals surface area contributed by atoms with Crippen molar-refractivity contribution in [3.63, 3.8) is 0 Å². The number of piperazine rings is 1. The molecule has 2 heterocycles.